The normalized spacial score (nSPS) is 10.1. The summed E-state index contributed by atoms with van der Waals surface area (Å²) in [5.74, 6) is -1.56. The maximum atomic E-state index is 12.9. The van der Waals surface area contributed by atoms with Crippen molar-refractivity contribution in [2.45, 2.75) is 5.75 Å². The molecule has 0 fully saturated rings. The number of carbonyl (C=O) groups is 1. The first-order valence-electron chi connectivity index (χ1n) is 4.22. The van der Waals surface area contributed by atoms with Crippen molar-refractivity contribution in [1.82, 2.24) is 0 Å². The van der Waals surface area contributed by atoms with Crippen molar-refractivity contribution in [2.24, 2.45) is 0 Å². The number of benzene rings is 1. The van der Waals surface area contributed by atoms with Crippen LogP contribution in [0.2, 0.25) is 0 Å². The Morgan fingerprint density at radius 3 is 2.75 bits per heavy atom. The van der Waals surface area contributed by atoms with Gasteiger partial charge in [0.2, 0.25) is 0 Å². The van der Waals surface area contributed by atoms with Crippen molar-refractivity contribution in [3.05, 3.63) is 39.7 Å². The topological polar surface area (TPSA) is 80.4 Å². The molecule has 1 rings (SSSR count). The third-order valence-electron chi connectivity index (χ3n) is 1.65. The molecule has 7 heteroatoms. The van der Waals surface area contributed by atoms with Gasteiger partial charge in [-0.15, -0.1) is 11.8 Å². The molecule has 0 bridgehead atoms. The highest BCUT2D eigenvalue weighted by Crippen LogP contribution is 2.20. The molecule has 0 amide bonds. The number of hydrogen-bond acceptors (Lipinski definition) is 4. The van der Waals surface area contributed by atoms with Gasteiger partial charge in [0.25, 0.3) is 5.69 Å². The van der Waals surface area contributed by atoms with Crippen molar-refractivity contribution in [2.75, 3.05) is 5.75 Å². The van der Waals surface area contributed by atoms with Gasteiger partial charge < -0.3 is 5.11 Å². The molecule has 0 saturated heterocycles. The van der Waals surface area contributed by atoms with Crippen LogP contribution in [0.3, 0.4) is 0 Å². The summed E-state index contributed by atoms with van der Waals surface area (Å²) in [6.07, 6.45) is 0. The van der Waals surface area contributed by atoms with Crippen LogP contribution in [0.25, 0.3) is 0 Å². The first-order chi connectivity index (χ1) is 7.49. The number of carboxylic acid groups (broad SMARTS) is 1. The molecular weight excluding hydrogens is 237 g/mol. The Hall–Kier alpha value is -1.63. The van der Waals surface area contributed by atoms with Crippen LogP contribution in [0.4, 0.5) is 10.1 Å². The Bertz CT molecular complexity index is 424. The minimum atomic E-state index is -0.976. The van der Waals surface area contributed by atoms with Crippen molar-refractivity contribution >= 4 is 23.4 Å². The van der Waals surface area contributed by atoms with E-state index in [2.05, 4.69) is 0 Å². The second-order valence-corrected chi connectivity index (χ2v) is 3.95. The lowest BCUT2D eigenvalue weighted by Gasteiger charge is -2.00. The van der Waals surface area contributed by atoms with Crippen LogP contribution >= 0.6 is 11.8 Å². The number of non-ortho nitro benzene ring substituents is 1. The number of nitro groups is 1. The van der Waals surface area contributed by atoms with Crippen LogP contribution in [0.1, 0.15) is 5.56 Å². The molecule has 16 heavy (non-hydrogen) atoms. The van der Waals surface area contributed by atoms with Gasteiger partial charge in [0.15, 0.2) is 0 Å². The maximum absolute atomic E-state index is 12.9. The van der Waals surface area contributed by atoms with Crippen LogP contribution in [0.15, 0.2) is 18.2 Å². The van der Waals surface area contributed by atoms with E-state index in [1.165, 1.54) is 6.07 Å². The van der Waals surface area contributed by atoms with Crippen LogP contribution in [0.5, 0.6) is 0 Å². The van der Waals surface area contributed by atoms with E-state index >= 15 is 0 Å². The lowest BCUT2D eigenvalue weighted by molar-refractivity contribution is -0.385. The Morgan fingerprint density at radius 2 is 2.19 bits per heavy atom. The second-order valence-electron chi connectivity index (χ2n) is 2.96. The zero-order chi connectivity index (χ0) is 12.1. The molecule has 0 aliphatic carbocycles. The third kappa shape index (κ3) is 3.85. The first kappa shape index (κ1) is 12.4. The molecule has 5 nitrogen and oxygen atoms in total. The van der Waals surface area contributed by atoms with E-state index in [4.69, 9.17) is 5.11 Å². The van der Waals surface area contributed by atoms with Gasteiger partial charge in [0, 0.05) is 11.8 Å². The van der Waals surface area contributed by atoms with Gasteiger partial charge in [0.05, 0.1) is 16.7 Å². The number of halogens is 1. The molecule has 0 spiro atoms. The van der Waals surface area contributed by atoms with E-state index in [9.17, 15) is 19.3 Å². The smallest absolute Gasteiger partial charge is 0.313 e. The van der Waals surface area contributed by atoms with Crippen LogP contribution in [-0.2, 0) is 10.5 Å². The molecule has 1 aromatic carbocycles. The maximum Gasteiger partial charge on any atom is 0.313 e. The summed E-state index contributed by atoms with van der Waals surface area (Å²) < 4.78 is 12.9. The lowest BCUT2D eigenvalue weighted by atomic mass is 10.2. The summed E-state index contributed by atoms with van der Waals surface area (Å²) in [6, 6.07) is 3.21. The monoisotopic (exact) mass is 245 g/mol. The highest BCUT2D eigenvalue weighted by molar-refractivity contribution is 7.99. The number of rotatable bonds is 5. The third-order valence-corrected chi connectivity index (χ3v) is 2.64. The van der Waals surface area contributed by atoms with Crippen molar-refractivity contribution in [1.29, 1.82) is 0 Å². The zero-order valence-corrected chi connectivity index (χ0v) is 8.87. The quantitative estimate of drug-likeness (QED) is 0.634. The summed E-state index contributed by atoms with van der Waals surface area (Å²) in [5, 5.41) is 18.8. The first-order valence-corrected chi connectivity index (χ1v) is 5.38. The predicted molar refractivity (Wildman–Crippen MR) is 56.9 cm³/mol. The molecule has 1 N–H and O–H groups in total. The van der Waals surface area contributed by atoms with Crippen LogP contribution < -0.4 is 0 Å². The number of carboxylic acids is 1. The fourth-order valence-electron chi connectivity index (χ4n) is 1.08. The van der Waals surface area contributed by atoms with Crippen LogP contribution in [-0.4, -0.2) is 21.8 Å². The van der Waals surface area contributed by atoms with E-state index in [1.54, 1.807) is 0 Å². The molecule has 0 aromatic heterocycles. The minimum absolute atomic E-state index is 0.121. The van der Waals surface area contributed by atoms with Gasteiger partial charge in [-0.25, -0.2) is 4.39 Å². The number of aliphatic carboxylic acids is 1. The van der Waals surface area contributed by atoms with Gasteiger partial charge in [-0.3, -0.25) is 14.9 Å². The molecule has 0 radical (unpaired) electrons. The molecule has 0 atom stereocenters. The Kier molecular flexibility index (Phi) is 4.24. The van der Waals surface area contributed by atoms with Gasteiger partial charge in [-0.05, 0) is 11.6 Å². The number of nitrogens with zero attached hydrogens (tertiary/aromatic N) is 1. The minimum Gasteiger partial charge on any atom is -0.481 e. The molecular formula is C9H8FNO4S. The summed E-state index contributed by atoms with van der Waals surface area (Å²) in [5.41, 5.74) is 0.0730. The fraction of sp³-hybridized carbons (Fsp3) is 0.222. The average molecular weight is 245 g/mol. The van der Waals surface area contributed by atoms with Crippen molar-refractivity contribution in [3.63, 3.8) is 0 Å². The Labute approximate surface area is 94.4 Å². The van der Waals surface area contributed by atoms with Gasteiger partial charge in [0.1, 0.15) is 5.82 Å². The largest absolute Gasteiger partial charge is 0.481 e. The highest BCUT2D eigenvalue weighted by atomic mass is 32.2. The van der Waals surface area contributed by atoms with Crippen LogP contribution in [0, 0.1) is 15.9 Å². The summed E-state index contributed by atoms with van der Waals surface area (Å²) in [7, 11) is 0. The highest BCUT2D eigenvalue weighted by Gasteiger charge is 2.10. The van der Waals surface area contributed by atoms with Crippen molar-refractivity contribution < 1.29 is 19.2 Å². The standard InChI is InChI=1S/C9H8FNO4S/c10-7-1-6(4-16-5-9(12)13)2-8(3-7)11(14)15/h1-3H,4-5H2,(H,12,13). The van der Waals surface area contributed by atoms with E-state index in [0.717, 1.165) is 23.9 Å². The molecule has 0 aliphatic rings. The fourth-order valence-corrected chi connectivity index (χ4v) is 1.76. The Morgan fingerprint density at radius 1 is 1.50 bits per heavy atom. The summed E-state index contributed by atoms with van der Waals surface area (Å²) in [6.45, 7) is 0. The zero-order valence-electron chi connectivity index (χ0n) is 8.05. The second kappa shape index (κ2) is 5.45. The summed E-state index contributed by atoms with van der Waals surface area (Å²) >= 11 is 1.05. The van der Waals surface area contributed by atoms with E-state index in [-0.39, 0.29) is 17.2 Å². The van der Waals surface area contributed by atoms with Gasteiger partial charge in [-0.2, -0.15) is 0 Å². The predicted octanol–water partition coefficient (Wildman–Crippen LogP) is 2.05. The molecule has 1 aromatic rings. The molecule has 0 unspecified atom stereocenters. The lowest BCUT2D eigenvalue weighted by Crippen LogP contribution is -1.98. The SMILES string of the molecule is O=C(O)CSCc1cc(F)cc([N+](=O)[O-])c1. The van der Waals surface area contributed by atoms with Gasteiger partial charge >= 0.3 is 5.97 Å². The summed E-state index contributed by atoms with van der Waals surface area (Å²) in [4.78, 5) is 20.0. The molecule has 0 heterocycles. The number of thioether (sulfide) groups is 1. The molecule has 0 saturated carbocycles. The van der Waals surface area contributed by atoms with E-state index in [1.807, 2.05) is 0 Å². The number of nitro benzene ring substituents is 1. The van der Waals surface area contributed by atoms with Gasteiger partial charge in [-0.1, -0.05) is 0 Å². The number of hydrogen-bond donors (Lipinski definition) is 1. The van der Waals surface area contributed by atoms with E-state index in [0.29, 0.717) is 5.56 Å². The molecule has 86 valence electrons. The molecule has 0 aliphatic heterocycles. The van der Waals surface area contributed by atoms with Crippen molar-refractivity contribution in [3.8, 4) is 0 Å². The van der Waals surface area contributed by atoms with E-state index < -0.39 is 16.7 Å². The average Bonchev–Trinajstić information content (AvgIpc) is 2.16. The Balaban J connectivity index is 2.72.